The van der Waals surface area contributed by atoms with Gasteiger partial charge < -0.3 is 4.84 Å². The van der Waals surface area contributed by atoms with E-state index in [-0.39, 0.29) is 6.29 Å². The molecule has 1 N–H and O–H groups in total. The first-order valence-corrected chi connectivity index (χ1v) is 2.52. The van der Waals surface area contributed by atoms with Gasteiger partial charge in [0.15, 0.2) is 6.34 Å². The molecule has 0 aromatic heterocycles. The van der Waals surface area contributed by atoms with Gasteiger partial charge in [0.05, 0.1) is 0 Å². The summed E-state index contributed by atoms with van der Waals surface area (Å²) in [6, 6.07) is 0. The van der Waals surface area contributed by atoms with E-state index in [1.807, 2.05) is 6.92 Å². The summed E-state index contributed by atoms with van der Waals surface area (Å²) >= 11 is 0. The zero-order valence-corrected chi connectivity index (χ0v) is 4.63. The van der Waals surface area contributed by atoms with Gasteiger partial charge in [-0.05, 0) is 0 Å². The summed E-state index contributed by atoms with van der Waals surface area (Å²) in [5.41, 5.74) is 2.47. The van der Waals surface area contributed by atoms with Gasteiger partial charge in [0.2, 0.25) is 6.29 Å². The van der Waals surface area contributed by atoms with Crippen LogP contribution in [-0.4, -0.2) is 12.6 Å². The number of hydrogen-bond acceptors (Lipinski definition) is 4. The average molecular weight is 116 g/mol. The second-order valence-electron chi connectivity index (χ2n) is 1.41. The Balaban J connectivity index is 2.27. The molecule has 8 heavy (non-hydrogen) atoms. The lowest BCUT2D eigenvalue weighted by atomic mass is 10.5. The molecule has 0 fully saturated rings. The summed E-state index contributed by atoms with van der Waals surface area (Å²) in [7, 11) is 0. The Bertz CT molecular complexity index is 94.0. The van der Waals surface area contributed by atoms with E-state index < -0.39 is 0 Å². The molecule has 0 saturated heterocycles. The van der Waals surface area contributed by atoms with Crippen molar-refractivity contribution in [3.05, 3.63) is 0 Å². The Hall–Kier alpha value is -0.770. The molecule has 0 spiro atoms. The zero-order valence-electron chi connectivity index (χ0n) is 4.63. The lowest BCUT2D eigenvalue weighted by Crippen LogP contribution is -2.27. The van der Waals surface area contributed by atoms with E-state index in [9.17, 15) is 0 Å². The van der Waals surface area contributed by atoms with Gasteiger partial charge >= 0.3 is 0 Å². The number of oxime groups is 1. The minimum atomic E-state index is -0.222. The summed E-state index contributed by atoms with van der Waals surface area (Å²) < 4.78 is 0. The monoisotopic (exact) mass is 116 g/mol. The predicted molar refractivity (Wildman–Crippen MR) is 27.9 cm³/mol. The molecular weight excluding hydrogens is 108 g/mol. The molecule has 4 nitrogen and oxygen atoms in total. The molecule has 1 rings (SSSR count). The Morgan fingerprint density at radius 2 is 2.75 bits per heavy atom. The van der Waals surface area contributed by atoms with Gasteiger partial charge in [0.1, 0.15) is 0 Å². The first-order chi connectivity index (χ1) is 3.93. The summed E-state index contributed by atoms with van der Waals surface area (Å²) in [5, 5.41) is 3.47. The summed E-state index contributed by atoms with van der Waals surface area (Å²) in [6.07, 6.45) is 1.93. The zero-order chi connectivity index (χ0) is 5.82. The number of nitrogens with one attached hydrogen (secondary N) is 1. The minimum absolute atomic E-state index is 0.222. The van der Waals surface area contributed by atoms with Crippen molar-refractivity contribution in [1.82, 2.24) is 5.48 Å². The predicted octanol–water partition coefficient (Wildman–Crippen LogP) is 0.217. The normalized spacial score (nSPS) is 26.4. The maximum absolute atomic E-state index is 4.81. The van der Waals surface area contributed by atoms with Crippen molar-refractivity contribution < 1.29 is 9.68 Å². The first-order valence-electron chi connectivity index (χ1n) is 2.52. The van der Waals surface area contributed by atoms with Gasteiger partial charge in [0.25, 0.3) is 0 Å². The van der Waals surface area contributed by atoms with Crippen LogP contribution in [-0.2, 0) is 9.68 Å². The summed E-state index contributed by atoms with van der Waals surface area (Å²) in [4.78, 5) is 9.52. The van der Waals surface area contributed by atoms with Crippen molar-refractivity contribution in [2.45, 2.75) is 19.6 Å². The Labute approximate surface area is 47.4 Å². The third-order valence-corrected chi connectivity index (χ3v) is 0.817. The summed E-state index contributed by atoms with van der Waals surface area (Å²) in [5.74, 6) is 0. The smallest absolute Gasteiger partial charge is 0.249 e. The van der Waals surface area contributed by atoms with Crippen LogP contribution in [0.3, 0.4) is 0 Å². The molecule has 1 atom stereocenters. The molecule has 0 amide bonds. The lowest BCUT2D eigenvalue weighted by molar-refractivity contribution is -0.179. The van der Waals surface area contributed by atoms with E-state index in [0.717, 1.165) is 6.42 Å². The van der Waals surface area contributed by atoms with Gasteiger partial charge in [0, 0.05) is 6.42 Å². The maximum atomic E-state index is 4.81. The van der Waals surface area contributed by atoms with Gasteiger partial charge in [-0.1, -0.05) is 12.1 Å². The molecule has 1 unspecified atom stereocenters. The highest BCUT2D eigenvalue weighted by atomic mass is 16.8. The third kappa shape index (κ3) is 1.10. The molecule has 0 aliphatic carbocycles. The topological polar surface area (TPSA) is 42.8 Å². The molecular formula is C4H8N2O2. The van der Waals surface area contributed by atoms with Crippen LogP contribution in [0.1, 0.15) is 13.3 Å². The van der Waals surface area contributed by atoms with E-state index in [2.05, 4.69) is 10.6 Å². The molecule has 0 aromatic carbocycles. The van der Waals surface area contributed by atoms with Gasteiger partial charge in [-0.2, -0.15) is 0 Å². The van der Waals surface area contributed by atoms with Crippen LogP contribution in [0, 0.1) is 0 Å². The average Bonchev–Trinajstić information content (AvgIpc) is 1.90. The van der Waals surface area contributed by atoms with E-state index in [4.69, 9.17) is 9.68 Å². The van der Waals surface area contributed by atoms with Crippen LogP contribution in [0.2, 0.25) is 0 Å². The molecule has 0 saturated carbocycles. The fourth-order valence-corrected chi connectivity index (χ4v) is 0.406. The Morgan fingerprint density at radius 3 is 3.12 bits per heavy atom. The van der Waals surface area contributed by atoms with Crippen LogP contribution < -0.4 is 5.48 Å². The van der Waals surface area contributed by atoms with Crippen molar-refractivity contribution in [3.8, 4) is 0 Å². The number of rotatable bonds is 1. The highest BCUT2D eigenvalue weighted by Crippen LogP contribution is 1.99. The second-order valence-corrected chi connectivity index (χ2v) is 1.41. The molecule has 0 bridgehead atoms. The highest BCUT2D eigenvalue weighted by Gasteiger charge is 2.07. The standard InChI is InChI=1S/C4H8N2O2/c1-2-4-7-5-3-6-8-4/h3-4H,2H2,1H3,(H,5,6). The van der Waals surface area contributed by atoms with Crippen molar-refractivity contribution in [2.75, 3.05) is 0 Å². The van der Waals surface area contributed by atoms with Crippen LogP contribution >= 0.6 is 0 Å². The first kappa shape index (κ1) is 5.37. The minimum Gasteiger partial charge on any atom is -0.360 e. The van der Waals surface area contributed by atoms with Crippen LogP contribution in [0.25, 0.3) is 0 Å². The van der Waals surface area contributed by atoms with E-state index in [1.54, 1.807) is 0 Å². The SMILES string of the molecule is CCC1ON=CNO1. The number of hydrogen-bond donors (Lipinski definition) is 1. The van der Waals surface area contributed by atoms with Gasteiger partial charge in [-0.15, -0.1) is 0 Å². The molecule has 0 aromatic rings. The second kappa shape index (κ2) is 2.52. The molecule has 46 valence electrons. The number of hydroxylamine groups is 1. The van der Waals surface area contributed by atoms with Crippen LogP contribution in [0.4, 0.5) is 0 Å². The van der Waals surface area contributed by atoms with Gasteiger partial charge in [-0.25, -0.2) is 10.3 Å². The van der Waals surface area contributed by atoms with E-state index in [1.165, 1.54) is 6.34 Å². The largest absolute Gasteiger partial charge is 0.360 e. The molecule has 4 heteroatoms. The van der Waals surface area contributed by atoms with Crippen molar-refractivity contribution in [1.29, 1.82) is 0 Å². The molecule has 1 aliphatic heterocycles. The van der Waals surface area contributed by atoms with Crippen molar-refractivity contribution in [2.24, 2.45) is 5.16 Å². The Morgan fingerprint density at radius 1 is 1.88 bits per heavy atom. The fourth-order valence-electron chi connectivity index (χ4n) is 0.406. The van der Waals surface area contributed by atoms with Crippen LogP contribution in [0.5, 0.6) is 0 Å². The molecule has 1 heterocycles. The van der Waals surface area contributed by atoms with E-state index >= 15 is 0 Å². The van der Waals surface area contributed by atoms with Crippen molar-refractivity contribution >= 4 is 6.34 Å². The fraction of sp³-hybridized carbons (Fsp3) is 0.750. The quantitative estimate of drug-likeness (QED) is 0.532. The molecule has 0 radical (unpaired) electrons. The maximum Gasteiger partial charge on any atom is 0.249 e. The van der Waals surface area contributed by atoms with Crippen LogP contribution in [0.15, 0.2) is 5.16 Å². The molecule has 1 aliphatic rings. The van der Waals surface area contributed by atoms with E-state index in [0.29, 0.717) is 0 Å². The van der Waals surface area contributed by atoms with Crippen molar-refractivity contribution in [3.63, 3.8) is 0 Å². The number of nitrogens with zero attached hydrogens (tertiary/aromatic N) is 1. The summed E-state index contributed by atoms with van der Waals surface area (Å²) in [6.45, 7) is 1.95. The highest BCUT2D eigenvalue weighted by molar-refractivity contribution is 5.51. The van der Waals surface area contributed by atoms with Gasteiger partial charge in [-0.3, -0.25) is 0 Å². The Kier molecular flexibility index (Phi) is 1.69. The third-order valence-electron chi connectivity index (χ3n) is 0.817. The lowest BCUT2D eigenvalue weighted by Gasteiger charge is -2.15.